The second kappa shape index (κ2) is 8.21. The van der Waals surface area contributed by atoms with Gasteiger partial charge in [-0.2, -0.15) is 0 Å². The van der Waals surface area contributed by atoms with Crippen molar-refractivity contribution in [2.45, 2.75) is 13.2 Å². The van der Waals surface area contributed by atoms with Gasteiger partial charge in [-0.25, -0.2) is 0 Å². The van der Waals surface area contributed by atoms with E-state index in [1.807, 2.05) is 6.07 Å². The number of pyridine rings is 1. The first kappa shape index (κ1) is 18.2. The highest BCUT2D eigenvalue weighted by molar-refractivity contribution is 7.71. The molecule has 0 bridgehead atoms. The molecule has 27 heavy (non-hydrogen) atoms. The van der Waals surface area contributed by atoms with Crippen molar-refractivity contribution in [2.75, 3.05) is 38.3 Å². The lowest BCUT2D eigenvalue weighted by Gasteiger charge is -2.29. The van der Waals surface area contributed by atoms with Crippen LogP contribution in [0.5, 0.6) is 0 Å². The summed E-state index contributed by atoms with van der Waals surface area (Å²) in [5.41, 5.74) is 3.77. The van der Waals surface area contributed by atoms with E-state index in [1.165, 1.54) is 22.2 Å². The summed E-state index contributed by atoms with van der Waals surface area (Å²) < 4.78 is 8.50. The Morgan fingerprint density at radius 2 is 1.70 bits per heavy atom. The number of hydrogen-bond donors (Lipinski definition) is 0. The topological polar surface area (TPSA) is 20.6 Å². The number of ether oxygens (including phenoxy) is 1. The fourth-order valence-corrected chi connectivity index (χ4v) is 3.85. The highest BCUT2D eigenvalue weighted by atomic mass is 32.1. The van der Waals surface area contributed by atoms with Crippen molar-refractivity contribution in [2.24, 2.45) is 0 Å². The summed E-state index contributed by atoms with van der Waals surface area (Å²) in [6, 6.07) is 21.4. The van der Waals surface area contributed by atoms with Crippen LogP contribution in [0, 0.1) is 4.64 Å². The smallest absolute Gasteiger partial charge is 0.107 e. The molecule has 1 saturated heterocycles. The van der Waals surface area contributed by atoms with Crippen LogP contribution in [0.25, 0.3) is 10.9 Å². The van der Waals surface area contributed by atoms with Crippen molar-refractivity contribution in [1.29, 1.82) is 0 Å². The predicted octanol–water partition coefficient (Wildman–Crippen LogP) is 4.30. The largest absolute Gasteiger partial charge is 0.378 e. The van der Waals surface area contributed by atoms with E-state index in [0.29, 0.717) is 0 Å². The molecular formula is C22H25N3OS. The first-order valence-electron chi connectivity index (χ1n) is 9.39. The van der Waals surface area contributed by atoms with Crippen LogP contribution in [-0.2, 0) is 18.0 Å². The molecule has 2 aromatic carbocycles. The van der Waals surface area contributed by atoms with Crippen LogP contribution in [0.1, 0.15) is 5.56 Å². The second-order valence-electron chi connectivity index (χ2n) is 7.08. The Morgan fingerprint density at radius 3 is 2.48 bits per heavy atom. The van der Waals surface area contributed by atoms with Crippen LogP contribution < -0.4 is 4.90 Å². The fraction of sp³-hybridized carbons (Fsp3) is 0.318. The van der Waals surface area contributed by atoms with Crippen LogP contribution in [0.2, 0.25) is 0 Å². The molecular weight excluding hydrogens is 354 g/mol. The van der Waals surface area contributed by atoms with Gasteiger partial charge in [0, 0.05) is 25.3 Å². The molecule has 1 aliphatic heterocycles. The van der Waals surface area contributed by atoms with E-state index >= 15 is 0 Å². The number of nitrogens with zero attached hydrogens (tertiary/aromatic N) is 3. The molecule has 4 rings (SSSR count). The highest BCUT2D eigenvalue weighted by Crippen LogP contribution is 2.19. The molecule has 0 saturated carbocycles. The van der Waals surface area contributed by atoms with Crippen LogP contribution in [0.15, 0.2) is 60.7 Å². The molecule has 4 nitrogen and oxygen atoms in total. The summed E-state index contributed by atoms with van der Waals surface area (Å²) in [5, 5.41) is 1.22. The third-order valence-electron chi connectivity index (χ3n) is 5.05. The molecule has 1 aromatic heterocycles. The second-order valence-corrected chi connectivity index (χ2v) is 7.50. The minimum absolute atomic E-state index is 0.769. The molecule has 0 N–H and O–H groups in total. The van der Waals surface area contributed by atoms with E-state index in [0.717, 1.165) is 44.2 Å². The Morgan fingerprint density at radius 1 is 0.963 bits per heavy atom. The van der Waals surface area contributed by atoms with Gasteiger partial charge in [0.2, 0.25) is 0 Å². The van der Waals surface area contributed by atoms with E-state index < -0.39 is 0 Å². The maximum atomic E-state index is 5.57. The number of aromatic nitrogens is 1. The van der Waals surface area contributed by atoms with E-state index in [4.69, 9.17) is 17.0 Å². The van der Waals surface area contributed by atoms with Crippen molar-refractivity contribution >= 4 is 28.8 Å². The maximum absolute atomic E-state index is 5.57. The molecule has 1 aliphatic rings. The average molecular weight is 380 g/mol. The number of rotatable bonds is 5. The summed E-state index contributed by atoms with van der Waals surface area (Å²) in [6.45, 7) is 5.23. The van der Waals surface area contributed by atoms with Gasteiger partial charge in [0.1, 0.15) is 4.64 Å². The van der Waals surface area contributed by atoms with E-state index in [1.54, 1.807) is 0 Å². The molecule has 0 atom stereocenters. The summed E-state index contributed by atoms with van der Waals surface area (Å²) in [6.07, 6.45) is 0. The average Bonchev–Trinajstić information content (AvgIpc) is 2.71. The third-order valence-corrected chi connectivity index (χ3v) is 5.40. The molecule has 3 aromatic rings. The monoisotopic (exact) mass is 379 g/mol. The Labute approximate surface area is 165 Å². The Hall–Kier alpha value is -2.21. The molecule has 0 amide bonds. The Bertz CT molecular complexity index is 961. The van der Waals surface area contributed by atoms with Gasteiger partial charge in [-0.1, -0.05) is 42.5 Å². The Balaban J connectivity index is 1.46. The van der Waals surface area contributed by atoms with Crippen LogP contribution in [0.4, 0.5) is 5.69 Å². The van der Waals surface area contributed by atoms with Crippen LogP contribution >= 0.6 is 12.2 Å². The molecule has 2 heterocycles. The number of benzene rings is 2. The van der Waals surface area contributed by atoms with Crippen molar-refractivity contribution in [3.8, 4) is 0 Å². The van der Waals surface area contributed by atoms with Crippen molar-refractivity contribution in [3.63, 3.8) is 0 Å². The fourth-order valence-electron chi connectivity index (χ4n) is 3.63. The summed E-state index contributed by atoms with van der Waals surface area (Å²) in [5.74, 6) is 0. The lowest BCUT2D eigenvalue weighted by molar-refractivity contribution is 0.122. The molecule has 5 heteroatoms. The first-order chi connectivity index (χ1) is 13.2. The SMILES string of the molecule is CN(Cc1ccc(N2CCOCC2)cc1)Cn1c(=S)ccc2ccccc21. The normalized spacial score (nSPS) is 14.8. The van der Waals surface area contributed by atoms with E-state index in [-0.39, 0.29) is 0 Å². The van der Waals surface area contributed by atoms with Gasteiger partial charge in [0.25, 0.3) is 0 Å². The van der Waals surface area contributed by atoms with Gasteiger partial charge in [-0.3, -0.25) is 4.90 Å². The van der Waals surface area contributed by atoms with Gasteiger partial charge in [0.15, 0.2) is 0 Å². The standard InChI is InChI=1S/C22H25N3OS/c1-23(17-25-21-5-3-2-4-19(21)8-11-22(25)27)16-18-6-9-20(10-7-18)24-12-14-26-15-13-24/h2-11H,12-17H2,1H3. The number of hydrogen-bond acceptors (Lipinski definition) is 4. The molecule has 0 spiro atoms. The van der Waals surface area contributed by atoms with Gasteiger partial charge in [-0.15, -0.1) is 0 Å². The third kappa shape index (κ3) is 4.21. The predicted molar refractivity (Wildman–Crippen MR) is 114 cm³/mol. The quantitative estimate of drug-likeness (QED) is 0.616. The van der Waals surface area contributed by atoms with E-state index in [2.05, 4.69) is 76.0 Å². The maximum Gasteiger partial charge on any atom is 0.107 e. The molecule has 0 radical (unpaired) electrons. The number of morpholine rings is 1. The molecule has 0 aliphatic carbocycles. The minimum Gasteiger partial charge on any atom is -0.378 e. The lowest BCUT2D eigenvalue weighted by Crippen LogP contribution is -2.36. The lowest BCUT2D eigenvalue weighted by atomic mass is 10.2. The van der Waals surface area contributed by atoms with Crippen molar-refractivity contribution < 1.29 is 4.74 Å². The number of fused-ring (bicyclic) bond motifs is 1. The summed E-state index contributed by atoms with van der Waals surface area (Å²) >= 11 is 5.57. The zero-order chi connectivity index (χ0) is 18.6. The van der Waals surface area contributed by atoms with Gasteiger partial charge < -0.3 is 14.2 Å². The number of anilines is 1. The van der Waals surface area contributed by atoms with Crippen molar-refractivity contribution in [3.05, 3.63) is 70.9 Å². The number of para-hydroxylation sites is 1. The van der Waals surface area contributed by atoms with E-state index in [9.17, 15) is 0 Å². The highest BCUT2D eigenvalue weighted by Gasteiger charge is 2.11. The van der Waals surface area contributed by atoms with Gasteiger partial charge in [0.05, 0.1) is 25.4 Å². The van der Waals surface area contributed by atoms with Gasteiger partial charge >= 0.3 is 0 Å². The Kier molecular flexibility index (Phi) is 5.53. The molecule has 1 fully saturated rings. The molecule has 0 unspecified atom stereocenters. The molecule has 140 valence electrons. The summed E-state index contributed by atoms with van der Waals surface area (Å²) in [4.78, 5) is 4.68. The van der Waals surface area contributed by atoms with Crippen LogP contribution in [-0.4, -0.2) is 42.8 Å². The zero-order valence-electron chi connectivity index (χ0n) is 15.7. The summed E-state index contributed by atoms with van der Waals surface area (Å²) in [7, 11) is 2.14. The first-order valence-corrected chi connectivity index (χ1v) is 9.80. The van der Waals surface area contributed by atoms with Crippen LogP contribution in [0.3, 0.4) is 0 Å². The van der Waals surface area contributed by atoms with Gasteiger partial charge in [-0.05, 0) is 48.3 Å². The zero-order valence-corrected chi connectivity index (χ0v) is 16.5. The van der Waals surface area contributed by atoms with Crippen molar-refractivity contribution in [1.82, 2.24) is 9.47 Å². The minimum atomic E-state index is 0.769.